The molecule has 6 N–H and O–H groups in total. The lowest BCUT2D eigenvalue weighted by Crippen LogP contribution is -2.38. The Morgan fingerprint density at radius 3 is 0.789 bits per heavy atom. The van der Waals surface area contributed by atoms with Crippen molar-refractivity contribution in [2.24, 2.45) is 0 Å². The summed E-state index contributed by atoms with van der Waals surface area (Å²) in [5.74, 6) is 0. The first-order chi connectivity index (χ1) is 28.0. The van der Waals surface area contributed by atoms with Crippen LogP contribution in [0.15, 0.2) is 0 Å². The summed E-state index contributed by atoms with van der Waals surface area (Å²) in [4.78, 5) is 12.1. The van der Waals surface area contributed by atoms with Crippen molar-refractivity contribution in [1.29, 1.82) is 0 Å². The van der Waals surface area contributed by atoms with Crippen LogP contribution in [-0.4, -0.2) is 258 Å². The van der Waals surface area contributed by atoms with Crippen molar-refractivity contribution >= 4 is 6.29 Å². The fourth-order valence-corrected chi connectivity index (χ4v) is 4.44. The highest BCUT2D eigenvalue weighted by Gasteiger charge is 2.19. The Bertz CT molecular complexity index is 775. The van der Waals surface area contributed by atoms with E-state index in [2.05, 4.69) is 0 Å². The number of aldehydes is 1. The molecule has 0 saturated heterocycles. The van der Waals surface area contributed by atoms with Gasteiger partial charge < -0.3 is 97.2 Å². The third-order valence-electron chi connectivity index (χ3n) is 7.77. The molecular formula is C37H75NO19. The van der Waals surface area contributed by atoms with E-state index in [1.54, 1.807) is 0 Å². The van der Waals surface area contributed by atoms with Crippen LogP contribution >= 0.6 is 0 Å². The van der Waals surface area contributed by atoms with E-state index >= 15 is 0 Å². The molecule has 20 nitrogen and oxygen atoms in total. The standard InChI is InChI=1S/C37H75NO19/c39-7-1-8-46-10-12-48-14-16-50-18-20-52-22-24-54-26-28-56-30-31-57-29-27-55-25-23-53-21-19-51-17-15-49-13-11-47-9-6-38(4-2-34(42)36(44)32-40)5-3-35(43)37(45)33-41/h7,34-37,40-45H,1-6,8-33H2/t34-,35-,36+,37+/m1/s1. The second kappa shape index (κ2) is 46.0. The lowest BCUT2D eigenvalue weighted by atomic mass is 10.1. The van der Waals surface area contributed by atoms with E-state index < -0.39 is 37.6 Å². The van der Waals surface area contributed by atoms with Crippen LogP contribution in [0.1, 0.15) is 19.3 Å². The van der Waals surface area contributed by atoms with Gasteiger partial charge in [-0.2, -0.15) is 0 Å². The predicted molar refractivity (Wildman–Crippen MR) is 204 cm³/mol. The Hall–Kier alpha value is -1.09. The summed E-state index contributed by atoms with van der Waals surface area (Å²) < 4.78 is 65.4. The average molecular weight is 838 g/mol. The minimum absolute atomic E-state index is 0.204. The van der Waals surface area contributed by atoms with E-state index in [0.717, 1.165) is 6.29 Å². The molecule has 342 valence electrons. The van der Waals surface area contributed by atoms with Gasteiger partial charge in [0, 0.05) is 26.1 Å². The van der Waals surface area contributed by atoms with E-state index in [-0.39, 0.29) is 12.8 Å². The molecule has 0 aromatic rings. The van der Waals surface area contributed by atoms with E-state index in [4.69, 9.17) is 67.1 Å². The van der Waals surface area contributed by atoms with Gasteiger partial charge in [-0.05, 0) is 12.8 Å². The summed E-state index contributed by atoms with van der Waals surface area (Å²) in [6.45, 7) is 10.9. The molecule has 0 aliphatic rings. The van der Waals surface area contributed by atoms with Gasteiger partial charge in [-0.1, -0.05) is 0 Å². The molecule has 0 aliphatic heterocycles. The monoisotopic (exact) mass is 837 g/mol. The summed E-state index contributed by atoms with van der Waals surface area (Å²) >= 11 is 0. The minimum Gasteiger partial charge on any atom is -0.394 e. The highest BCUT2D eigenvalue weighted by Crippen LogP contribution is 2.06. The molecule has 0 rings (SSSR count). The Kier molecular flexibility index (Phi) is 45.1. The second-order valence-electron chi connectivity index (χ2n) is 12.4. The molecule has 0 amide bonds. The first-order valence-electron chi connectivity index (χ1n) is 20.0. The van der Waals surface area contributed by atoms with Crippen molar-refractivity contribution in [3.63, 3.8) is 0 Å². The molecular weight excluding hydrogens is 762 g/mol. The van der Waals surface area contributed by atoms with Gasteiger partial charge in [-0.15, -0.1) is 0 Å². The number of rotatable bonds is 49. The van der Waals surface area contributed by atoms with Gasteiger partial charge in [0.15, 0.2) is 0 Å². The molecule has 0 spiro atoms. The molecule has 0 radical (unpaired) electrons. The highest BCUT2D eigenvalue weighted by molar-refractivity contribution is 5.49. The van der Waals surface area contributed by atoms with Gasteiger partial charge in [0.05, 0.1) is 184 Å². The third kappa shape index (κ3) is 41.4. The summed E-state index contributed by atoms with van der Waals surface area (Å²) in [7, 11) is 0. The topological polar surface area (TPSA) is 252 Å². The van der Waals surface area contributed by atoms with Crippen molar-refractivity contribution in [1.82, 2.24) is 4.90 Å². The Morgan fingerprint density at radius 1 is 0.333 bits per heavy atom. The van der Waals surface area contributed by atoms with Crippen LogP contribution in [0.25, 0.3) is 0 Å². The van der Waals surface area contributed by atoms with Gasteiger partial charge >= 0.3 is 0 Å². The molecule has 0 aromatic heterocycles. The number of ether oxygens (including phenoxy) is 12. The van der Waals surface area contributed by atoms with E-state index in [1.165, 1.54) is 0 Å². The maximum absolute atomic E-state index is 10.2. The van der Waals surface area contributed by atoms with Gasteiger partial charge in [-0.25, -0.2) is 0 Å². The SMILES string of the molecule is O=CCCOCCOCCOCCOCCOCCOCCOCCOCCOCCOCCOCCOCCN(CC[C@@H](O)[C@@H](O)CO)CC[C@@H](O)[C@@H](O)CO. The first-order valence-corrected chi connectivity index (χ1v) is 20.0. The van der Waals surface area contributed by atoms with Crippen molar-refractivity contribution in [3.8, 4) is 0 Å². The van der Waals surface area contributed by atoms with Crippen LogP contribution < -0.4 is 0 Å². The number of hydrogen-bond donors (Lipinski definition) is 6. The molecule has 20 heteroatoms. The zero-order valence-corrected chi connectivity index (χ0v) is 34.0. The van der Waals surface area contributed by atoms with Crippen LogP contribution in [0.2, 0.25) is 0 Å². The van der Waals surface area contributed by atoms with Crippen LogP contribution in [-0.2, 0) is 61.6 Å². The molecule has 0 aromatic carbocycles. The molecule has 0 saturated carbocycles. The van der Waals surface area contributed by atoms with E-state index in [1.807, 2.05) is 4.90 Å². The summed E-state index contributed by atoms with van der Waals surface area (Å²) in [5.41, 5.74) is 0. The summed E-state index contributed by atoms with van der Waals surface area (Å²) in [6.07, 6.45) is -3.02. The number of aliphatic hydroxyl groups excluding tert-OH is 6. The normalized spacial score (nSPS) is 14.0. The molecule has 4 atom stereocenters. The van der Waals surface area contributed by atoms with Crippen LogP contribution in [0.5, 0.6) is 0 Å². The fourth-order valence-electron chi connectivity index (χ4n) is 4.44. The summed E-state index contributed by atoms with van der Waals surface area (Å²) in [5, 5.41) is 57.0. The Labute approximate surface area is 338 Å². The van der Waals surface area contributed by atoms with Crippen LogP contribution in [0.3, 0.4) is 0 Å². The highest BCUT2D eigenvalue weighted by atomic mass is 16.6. The van der Waals surface area contributed by atoms with Gasteiger partial charge in [0.2, 0.25) is 0 Å². The van der Waals surface area contributed by atoms with E-state index in [0.29, 0.717) is 185 Å². The van der Waals surface area contributed by atoms with Crippen LogP contribution in [0, 0.1) is 0 Å². The molecule has 57 heavy (non-hydrogen) atoms. The molecule has 0 unspecified atom stereocenters. The number of hydrogen-bond acceptors (Lipinski definition) is 20. The van der Waals surface area contributed by atoms with Crippen LogP contribution in [0.4, 0.5) is 0 Å². The zero-order valence-electron chi connectivity index (χ0n) is 34.0. The quantitative estimate of drug-likeness (QED) is 0.0269. The van der Waals surface area contributed by atoms with Gasteiger partial charge in [-0.3, -0.25) is 0 Å². The molecule has 0 bridgehead atoms. The molecule has 0 aliphatic carbocycles. The lowest BCUT2D eigenvalue weighted by Gasteiger charge is -2.26. The third-order valence-corrected chi connectivity index (χ3v) is 7.77. The maximum Gasteiger partial charge on any atom is 0.122 e. The number of aliphatic hydroxyl groups is 6. The van der Waals surface area contributed by atoms with Gasteiger partial charge in [0.25, 0.3) is 0 Å². The smallest absolute Gasteiger partial charge is 0.122 e. The molecule has 0 heterocycles. The average Bonchev–Trinajstić information content (AvgIpc) is 3.22. The Balaban J connectivity index is 3.39. The minimum atomic E-state index is -1.23. The lowest BCUT2D eigenvalue weighted by molar-refractivity contribution is -0.109. The summed E-state index contributed by atoms with van der Waals surface area (Å²) in [6, 6.07) is 0. The predicted octanol–water partition coefficient (Wildman–Crippen LogP) is -2.71. The van der Waals surface area contributed by atoms with E-state index in [9.17, 15) is 25.2 Å². The second-order valence-corrected chi connectivity index (χ2v) is 12.4. The fraction of sp³-hybridized carbons (Fsp3) is 0.973. The van der Waals surface area contributed by atoms with Crippen molar-refractivity contribution < 1.29 is 92.3 Å². The zero-order chi connectivity index (χ0) is 41.7. The largest absolute Gasteiger partial charge is 0.394 e. The Morgan fingerprint density at radius 2 is 0.561 bits per heavy atom. The number of carbonyl (C=O) groups excluding carboxylic acids is 1. The maximum atomic E-state index is 10.2. The molecule has 0 fully saturated rings. The first kappa shape index (κ1) is 55.9. The number of carbonyl (C=O) groups is 1. The van der Waals surface area contributed by atoms with Gasteiger partial charge in [0.1, 0.15) is 18.5 Å². The van der Waals surface area contributed by atoms with Crippen molar-refractivity contribution in [3.05, 3.63) is 0 Å². The number of nitrogens with zero attached hydrogens (tertiary/aromatic N) is 1. The van der Waals surface area contributed by atoms with Crippen molar-refractivity contribution in [2.45, 2.75) is 43.7 Å². The van der Waals surface area contributed by atoms with Crippen molar-refractivity contribution in [2.75, 3.05) is 191 Å².